The van der Waals surface area contributed by atoms with Crippen molar-refractivity contribution in [1.82, 2.24) is 20.1 Å². The first-order chi connectivity index (χ1) is 13.7. The number of pyridine rings is 1. The smallest absolute Gasteiger partial charge is 0.391 e. The fraction of sp³-hybridized carbons (Fsp3) is 0.316. The fourth-order valence-corrected chi connectivity index (χ4v) is 2.81. The van der Waals surface area contributed by atoms with Crippen molar-refractivity contribution in [3.63, 3.8) is 0 Å². The Morgan fingerprint density at radius 2 is 2.10 bits per heavy atom. The third kappa shape index (κ3) is 5.44. The molecule has 0 aliphatic carbocycles. The first kappa shape index (κ1) is 20.6. The van der Waals surface area contributed by atoms with E-state index < -0.39 is 31.2 Å². The number of carbonyl (C=O) groups is 1. The van der Waals surface area contributed by atoms with Gasteiger partial charge in [-0.1, -0.05) is 6.07 Å². The van der Waals surface area contributed by atoms with Crippen LogP contribution in [0, 0.1) is 0 Å². The highest BCUT2D eigenvalue weighted by molar-refractivity contribution is 6.05. The number of carbonyl (C=O) groups excluding carboxylic acids is 1. The molecule has 154 valence electrons. The van der Waals surface area contributed by atoms with Crippen molar-refractivity contribution in [3.8, 4) is 5.75 Å². The molecule has 0 saturated carbocycles. The first-order valence-corrected chi connectivity index (χ1v) is 8.75. The van der Waals surface area contributed by atoms with Crippen molar-refractivity contribution >= 4 is 16.8 Å². The fourth-order valence-electron chi connectivity index (χ4n) is 2.81. The Balaban J connectivity index is 1.73. The molecule has 0 aliphatic rings. The Kier molecular flexibility index (Phi) is 6.02. The summed E-state index contributed by atoms with van der Waals surface area (Å²) in [5.74, 6) is -0.152. The molecule has 0 bridgehead atoms. The van der Waals surface area contributed by atoms with E-state index in [9.17, 15) is 23.1 Å². The minimum absolute atomic E-state index is 0.155. The summed E-state index contributed by atoms with van der Waals surface area (Å²) in [5, 5.41) is 16.5. The zero-order chi connectivity index (χ0) is 21.0. The Morgan fingerprint density at radius 3 is 2.79 bits per heavy atom. The van der Waals surface area contributed by atoms with Gasteiger partial charge < -0.3 is 15.2 Å². The van der Waals surface area contributed by atoms with Crippen molar-refractivity contribution in [2.45, 2.75) is 25.3 Å². The van der Waals surface area contributed by atoms with Crippen LogP contribution in [-0.4, -0.2) is 44.6 Å². The summed E-state index contributed by atoms with van der Waals surface area (Å²) >= 11 is 0. The second kappa shape index (κ2) is 8.48. The monoisotopic (exact) mass is 408 g/mol. The van der Waals surface area contributed by atoms with E-state index in [0.29, 0.717) is 16.7 Å². The molecule has 3 aromatic rings. The van der Waals surface area contributed by atoms with Crippen LogP contribution in [0.15, 0.2) is 42.6 Å². The van der Waals surface area contributed by atoms with Gasteiger partial charge in [0.05, 0.1) is 23.7 Å². The number of nitrogens with zero attached hydrogens (tertiary/aromatic N) is 3. The van der Waals surface area contributed by atoms with Gasteiger partial charge in [0.25, 0.3) is 5.91 Å². The first-order valence-electron chi connectivity index (χ1n) is 8.75. The third-order valence-electron chi connectivity index (χ3n) is 4.10. The Hall–Kier alpha value is -3.14. The minimum atomic E-state index is -4.51. The number of ether oxygens (including phenoxy) is 1. The van der Waals surface area contributed by atoms with Gasteiger partial charge >= 0.3 is 6.18 Å². The highest BCUT2D eigenvalue weighted by Crippen LogP contribution is 2.24. The number of hydrogen-bond donors (Lipinski definition) is 2. The number of aromatic nitrogens is 3. The SMILES string of the molecule is Cn1nc2ccc(OCc3ccccn3)cc2c1C(=O)NCC(O)CC(F)(F)F. The molecule has 1 atom stereocenters. The van der Waals surface area contributed by atoms with Crippen LogP contribution in [0.4, 0.5) is 13.2 Å². The molecule has 3 rings (SSSR count). The minimum Gasteiger partial charge on any atom is -0.487 e. The molecule has 0 fully saturated rings. The van der Waals surface area contributed by atoms with E-state index >= 15 is 0 Å². The maximum Gasteiger partial charge on any atom is 0.391 e. The lowest BCUT2D eigenvalue weighted by molar-refractivity contribution is -0.152. The van der Waals surface area contributed by atoms with Crippen molar-refractivity contribution in [1.29, 1.82) is 0 Å². The largest absolute Gasteiger partial charge is 0.487 e. The molecule has 0 spiro atoms. The highest BCUT2D eigenvalue weighted by Gasteiger charge is 2.31. The lowest BCUT2D eigenvalue weighted by atomic mass is 10.2. The van der Waals surface area contributed by atoms with Gasteiger partial charge in [0, 0.05) is 25.2 Å². The molecule has 1 amide bonds. The average molecular weight is 408 g/mol. The zero-order valence-corrected chi connectivity index (χ0v) is 15.5. The number of benzene rings is 1. The van der Waals surface area contributed by atoms with E-state index in [-0.39, 0.29) is 12.3 Å². The van der Waals surface area contributed by atoms with Crippen LogP contribution in [0.5, 0.6) is 5.75 Å². The quantitative estimate of drug-likeness (QED) is 0.627. The zero-order valence-electron chi connectivity index (χ0n) is 15.5. The predicted molar refractivity (Wildman–Crippen MR) is 98.3 cm³/mol. The van der Waals surface area contributed by atoms with Crippen molar-refractivity contribution in [2.75, 3.05) is 6.54 Å². The van der Waals surface area contributed by atoms with E-state index in [1.807, 2.05) is 12.1 Å². The summed E-state index contributed by atoms with van der Waals surface area (Å²) in [6, 6.07) is 10.5. The van der Waals surface area contributed by atoms with Crippen molar-refractivity contribution in [3.05, 3.63) is 54.0 Å². The van der Waals surface area contributed by atoms with Gasteiger partial charge in [-0.15, -0.1) is 0 Å². The number of aliphatic hydroxyl groups excluding tert-OH is 1. The number of rotatable bonds is 7. The van der Waals surface area contributed by atoms with Gasteiger partial charge in [-0.3, -0.25) is 14.5 Å². The van der Waals surface area contributed by atoms with Crippen LogP contribution in [0.1, 0.15) is 22.6 Å². The Labute approximate surface area is 164 Å². The lowest BCUT2D eigenvalue weighted by Crippen LogP contribution is -2.35. The number of hydrogen-bond acceptors (Lipinski definition) is 5. The van der Waals surface area contributed by atoms with Gasteiger partial charge in [0.15, 0.2) is 0 Å². The molecule has 2 N–H and O–H groups in total. The highest BCUT2D eigenvalue weighted by atomic mass is 19.4. The second-order valence-electron chi connectivity index (χ2n) is 6.44. The number of nitrogens with one attached hydrogen (secondary N) is 1. The van der Waals surface area contributed by atoms with Gasteiger partial charge in [-0.2, -0.15) is 18.3 Å². The van der Waals surface area contributed by atoms with E-state index in [1.54, 1.807) is 37.5 Å². The Bertz CT molecular complexity index is 990. The van der Waals surface area contributed by atoms with Crippen molar-refractivity contribution in [2.24, 2.45) is 7.05 Å². The molecule has 1 unspecified atom stereocenters. The second-order valence-corrected chi connectivity index (χ2v) is 6.44. The molecule has 2 aromatic heterocycles. The molecular formula is C19H19F3N4O3. The van der Waals surface area contributed by atoms with Gasteiger partial charge in [-0.05, 0) is 30.3 Å². The molecule has 29 heavy (non-hydrogen) atoms. The van der Waals surface area contributed by atoms with E-state index in [1.165, 1.54) is 4.68 Å². The molecule has 2 heterocycles. The number of fused-ring (bicyclic) bond motifs is 1. The average Bonchev–Trinajstić information content (AvgIpc) is 2.99. The van der Waals surface area contributed by atoms with Gasteiger partial charge in [0.2, 0.25) is 0 Å². The van der Waals surface area contributed by atoms with Gasteiger partial charge in [0.1, 0.15) is 18.1 Å². The van der Waals surface area contributed by atoms with Crippen molar-refractivity contribution < 1.29 is 27.8 Å². The maximum absolute atomic E-state index is 12.5. The molecule has 10 heteroatoms. The molecule has 0 aliphatic heterocycles. The molecule has 7 nitrogen and oxygen atoms in total. The maximum atomic E-state index is 12.5. The lowest BCUT2D eigenvalue weighted by Gasteiger charge is -2.14. The van der Waals surface area contributed by atoms with E-state index in [2.05, 4.69) is 15.4 Å². The van der Waals surface area contributed by atoms with Crippen LogP contribution in [0.25, 0.3) is 10.9 Å². The van der Waals surface area contributed by atoms with Crippen LogP contribution in [-0.2, 0) is 13.7 Å². The summed E-state index contributed by atoms with van der Waals surface area (Å²) in [7, 11) is 1.55. The van der Waals surface area contributed by atoms with E-state index in [0.717, 1.165) is 5.69 Å². The normalized spacial score (nSPS) is 12.7. The van der Waals surface area contributed by atoms with Crippen LogP contribution < -0.4 is 10.1 Å². The number of aliphatic hydroxyl groups is 1. The molecule has 1 aromatic carbocycles. The van der Waals surface area contributed by atoms with E-state index in [4.69, 9.17) is 4.74 Å². The summed E-state index contributed by atoms with van der Waals surface area (Å²) in [5.41, 5.74) is 1.41. The van der Waals surface area contributed by atoms with Crippen LogP contribution in [0.3, 0.4) is 0 Å². The summed E-state index contributed by atoms with van der Waals surface area (Å²) in [4.78, 5) is 16.6. The summed E-state index contributed by atoms with van der Waals surface area (Å²) in [6.07, 6.45) is -5.98. The van der Waals surface area contributed by atoms with Crippen LogP contribution >= 0.6 is 0 Å². The third-order valence-corrected chi connectivity index (χ3v) is 4.10. The standard InChI is InChI=1S/C19H19F3N4O3/c1-26-17(18(28)24-10-13(27)9-19(20,21)22)15-8-14(5-6-16(15)25-26)29-11-12-4-2-3-7-23-12/h2-8,13,27H,9-11H2,1H3,(H,24,28). The Morgan fingerprint density at radius 1 is 1.31 bits per heavy atom. The number of aryl methyl sites for hydroxylation is 1. The molecule has 0 radical (unpaired) electrons. The number of alkyl halides is 3. The van der Waals surface area contributed by atoms with Crippen LogP contribution in [0.2, 0.25) is 0 Å². The number of amides is 1. The summed E-state index contributed by atoms with van der Waals surface area (Å²) < 4.78 is 44.0. The molecular weight excluding hydrogens is 389 g/mol. The van der Waals surface area contributed by atoms with Gasteiger partial charge in [-0.25, -0.2) is 0 Å². The number of halogens is 3. The molecule has 0 saturated heterocycles. The summed E-state index contributed by atoms with van der Waals surface area (Å²) in [6.45, 7) is -0.293. The topological polar surface area (TPSA) is 89.3 Å². The predicted octanol–water partition coefficient (Wildman–Crippen LogP) is 2.59.